The molecule has 0 saturated heterocycles. The second-order valence-corrected chi connectivity index (χ2v) is 1.33. The van der Waals surface area contributed by atoms with Gasteiger partial charge in [0.2, 0.25) is 0 Å². The first-order chi connectivity index (χ1) is 3.48. The van der Waals surface area contributed by atoms with E-state index in [4.69, 9.17) is 5.11 Å². The van der Waals surface area contributed by atoms with E-state index in [1.165, 1.54) is 0 Å². The lowest BCUT2D eigenvalue weighted by Crippen LogP contribution is -2.40. The van der Waals surface area contributed by atoms with Crippen LogP contribution >= 0.6 is 12.4 Å². The molecule has 1 atom stereocenters. The van der Waals surface area contributed by atoms with E-state index in [9.17, 15) is 13.2 Å². The zero-order chi connectivity index (χ0) is 6.78. The van der Waals surface area contributed by atoms with E-state index in [1.807, 2.05) is 0 Å². The number of hydrogen-bond donors (Lipinski definition) is 2. The highest BCUT2D eigenvalue weighted by atomic mass is 35.5. The van der Waals surface area contributed by atoms with E-state index in [0.29, 0.717) is 0 Å². The molecule has 0 fully saturated rings. The molecule has 3 N–H and O–H groups in total. The second kappa shape index (κ2) is 3.92. The Hall–Kier alpha value is -0.0000000000000000555. The van der Waals surface area contributed by atoms with E-state index in [1.54, 1.807) is 0 Å². The lowest BCUT2D eigenvalue weighted by molar-refractivity contribution is -0.154. The van der Waals surface area contributed by atoms with Crippen LogP contribution in [-0.2, 0) is 0 Å². The minimum absolute atomic E-state index is 0. The quantitative estimate of drug-likeness (QED) is 0.587. The second-order valence-electron chi connectivity index (χ2n) is 1.33. The molecule has 0 rings (SSSR count). The van der Waals surface area contributed by atoms with Gasteiger partial charge in [0.1, 0.15) is 6.04 Å². The van der Waals surface area contributed by atoms with Crippen LogP contribution < -0.4 is 5.73 Å². The summed E-state index contributed by atoms with van der Waals surface area (Å²) in [6, 6.07) is -2.09. The molecule has 1 unspecified atom stereocenters. The Bertz CT molecular complexity index is 75.9. The zero-order valence-electron chi connectivity index (χ0n) is 4.35. The first kappa shape index (κ1) is 11.8. The van der Waals surface area contributed by atoms with Crippen molar-refractivity contribution < 1.29 is 18.3 Å². The number of aliphatic hydroxyl groups is 1. The summed E-state index contributed by atoms with van der Waals surface area (Å²) in [6.45, 7) is -1.05. The van der Waals surface area contributed by atoms with E-state index in [-0.39, 0.29) is 12.4 Å². The molecule has 0 heterocycles. The Morgan fingerprint density at radius 2 is 1.78 bits per heavy atom. The Kier molecular flexibility index (Phi) is 5.12. The van der Waals surface area contributed by atoms with Crippen molar-refractivity contribution in [3.05, 3.63) is 0 Å². The van der Waals surface area contributed by atoms with Gasteiger partial charge in [-0.1, -0.05) is 0 Å². The number of rotatable bonds is 1. The maximum Gasteiger partial charge on any atom is 0.405 e. The van der Waals surface area contributed by atoms with Gasteiger partial charge in [-0.2, -0.15) is 13.2 Å². The summed E-state index contributed by atoms with van der Waals surface area (Å²) in [7, 11) is 0. The molecule has 0 aromatic carbocycles. The average molecular weight is 166 g/mol. The van der Waals surface area contributed by atoms with Crippen LogP contribution in [0.3, 0.4) is 0 Å². The first-order valence-electron chi connectivity index (χ1n) is 1.91. The Labute approximate surface area is 56.3 Å². The van der Waals surface area contributed by atoms with Crippen molar-refractivity contribution in [2.24, 2.45) is 5.73 Å². The molecule has 0 amide bonds. The van der Waals surface area contributed by atoms with Gasteiger partial charge < -0.3 is 10.8 Å². The fraction of sp³-hybridized carbons (Fsp3) is 1.00. The Morgan fingerprint density at radius 1 is 1.44 bits per heavy atom. The maximum atomic E-state index is 11.2. The molecule has 2 nitrogen and oxygen atoms in total. The molecule has 58 valence electrons. The molecule has 9 heavy (non-hydrogen) atoms. The van der Waals surface area contributed by atoms with Crippen LogP contribution in [0.15, 0.2) is 0 Å². The molecule has 0 aliphatic rings. The van der Waals surface area contributed by atoms with Gasteiger partial charge in [-0.05, 0) is 0 Å². The average Bonchev–Trinajstić information content (AvgIpc) is 1.62. The first-order valence-corrected chi connectivity index (χ1v) is 1.91. The van der Waals surface area contributed by atoms with E-state index in [0.717, 1.165) is 0 Å². The van der Waals surface area contributed by atoms with Crippen molar-refractivity contribution in [2.75, 3.05) is 6.61 Å². The predicted octanol–water partition coefficient (Wildman–Crippen LogP) is 0.290. The van der Waals surface area contributed by atoms with Gasteiger partial charge in [-0.25, -0.2) is 0 Å². The minimum atomic E-state index is -4.46. The summed E-state index contributed by atoms with van der Waals surface area (Å²) in [4.78, 5) is 0. The SMILES string of the molecule is Cl.NC(CO)C(F)(F)F. The van der Waals surface area contributed by atoms with Crippen molar-refractivity contribution in [1.82, 2.24) is 0 Å². The molecule has 0 aromatic heterocycles. The number of nitrogens with two attached hydrogens (primary N) is 1. The lowest BCUT2D eigenvalue weighted by Gasteiger charge is -2.10. The van der Waals surface area contributed by atoms with Crippen molar-refractivity contribution in [1.29, 1.82) is 0 Å². The van der Waals surface area contributed by atoms with Gasteiger partial charge in [0, 0.05) is 0 Å². The van der Waals surface area contributed by atoms with Crippen molar-refractivity contribution in [2.45, 2.75) is 12.2 Å². The van der Waals surface area contributed by atoms with Gasteiger partial charge >= 0.3 is 6.18 Å². The fourth-order valence-electron chi connectivity index (χ4n) is 0.104. The summed E-state index contributed by atoms with van der Waals surface area (Å²) in [5, 5.41) is 7.83. The monoisotopic (exact) mass is 165 g/mol. The van der Waals surface area contributed by atoms with Gasteiger partial charge in [0.25, 0.3) is 0 Å². The fourth-order valence-corrected chi connectivity index (χ4v) is 0.104. The Morgan fingerprint density at radius 3 is 1.78 bits per heavy atom. The third-order valence-corrected chi connectivity index (χ3v) is 0.617. The summed E-state index contributed by atoms with van der Waals surface area (Å²) in [5.41, 5.74) is 4.38. The van der Waals surface area contributed by atoms with E-state index >= 15 is 0 Å². The van der Waals surface area contributed by atoms with Gasteiger partial charge in [-0.15, -0.1) is 12.4 Å². The number of alkyl halides is 3. The third kappa shape index (κ3) is 4.50. The molecular weight excluding hydrogens is 158 g/mol. The molecule has 0 radical (unpaired) electrons. The van der Waals surface area contributed by atoms with E-state index in [2.05, 4.69) is 5.73 Å². The molecule has 0 saturated carbocycles. The highest BCUT2D eigenvalue weighted by Gasteiger charge is 2.35. The zero-order valence-corrected chi connectivity index (χ0v) is 5.17. The van der Waals surface area contributed by atoms with Crippen LogP contribution in [0.25, 0.3) is 0 Å². The maximum absolute atomic E-state index is 11.2. The van der Waals surface area contributed by atoms with Crippen LogP contribution in [0.5, 0.6) is 0 Å². The van der Waals surface area contributed by atoms with Crippen LogP contribution in [0.2, 0.25) is 0 Å². The van der Waals surface area contributed by atoms with Crippen molar-refractivity contribution in [3.63, 3.8) is 0 Å². The molecular formula is C3H7ClF3NO. The molecule has 0 aliphatic heterocycles. The highest BCUT2D eigenvalue weighted by Crippen LogP contribution is 2.17. The van der Waals surface area contributed by atoms with Crippen LogP contribution in [0.1, 0.15) is 0 Å². The number of hydrogen-bond acceptors (Lipinski definition) is 2. The third-order valence-electron chi connectivity index (χ3n) is 0.617. The highest BCUT2D eigenvalue weighted by molar-refractivity contribution is 5.85. The van der Waals surface area contributed by atoms with Crippen molar-refractivity contribution in [3.8, 4) is 0 Å². The molecule has 6 heteroatoms. The molecule has 0 bridgehead atoms. The summed E-state index contributed by atoms with van der Waals surface area (Å²) < 4.78 is 33.5. The predicted molar refractivity (Wildman–Crippen MR) is 28.4 cm³/mol. The molecule has 0 spiro atoms. The van der Waals surface area contributed by atoms with E-state index < -0.39 is 18.8 Å². The Balaban J connectivity index is 0. The van der Waals surface area contributed by atoms with Crippen LogP contribution in [-0.4, -0.2) is 23.9 Å². The smallest absolute Gasteiger partial charge is 0.394 e. The normalized spacial score (nSPS) is 14.3. The number of aliphatic hydroxyl groups excluding tert-OH is 1. The van der Waals surface area contributed by atoms with Crippen molar-refractivity contribution >= 4 is 12.4 Å². The standard InChI is InChI=1S/C3H6F3NO.ClH/c4-3(5,6)2(7)1-8;/h2,8H,1,7H2;1H. The van der Waals surface area contributed by atoms with Gasteiger partial charge in [-0.3, -0.25) is 0 Å². The van der Waals surface area contributed by atoms with Crippen LogP contribution in [0.4, 0.5) is 13.2 Å². The van der Waals surface area contributed by atoms with Gasteiger partial charge in [0.05, 0.1) is 6.61 Å². The lowest BCUT2D eigenvalue weighted by atomic mass is 10.3. The summed E-state index contributed by atoms with van der Waals surface area (Å²) in [5.74, 6) is 0. The van der Waals surface area contributed by atoms with Gasteiger partial charge in [0.15, 0.2) is 0 Å². The number of halogens is 4. The molecule has 0 aliphatic carbocycles. The largest absolute Gasteiger partial charge is 0.405 e. The minimum Gasteiger partial charge on any atom is -0.394 e. The van der Waals surface area contributed by atoms with Crippen LogP contribution in [0, 0.1) is 0 Å². The summed E-state index contributed by atoms with van der Waals surface area (Å²) in [6.07, 6.45) is -4.46. The topological polar surface area (TPSA) is 46.2 Å². The summed E-state index contributed by atoms with van der Waals surface area (Å²) >= 11 is 0. The molecule has 0 aromatic rings.